The molecule has 0 bridgehead atoms. The van der Waals surface area contributed by atoms with Crippen molar-refractivity contribution in [2.24, 2.45) is 0 Å². The van der Waals surface area contributed by atoms with Gasteiger partial charge >= 0.3 is 6.01 Å². The molecule has 1 saturated heterocycles. The third-order valence-corrected chi connectivity index (χ3v) is 7.67. The van der Waals surface area contributed by atoms with Gasteiger partial charge in [0.2, 0.25) is 0 Å². The largest absolute Gasteiger partial charge is 0.459 e. The number of nitrogens with zero attached hydrogens (tertiary/aromatic N) is 3. The number of piperidine rings is 1. The summed E-state index contributed by atoms with van der Waals surface area (Å²) in [5.41, 5.74) is 1.67. The number of ether oxygens (including phenoxy) is 1. The summed E-state index contributed by atoms with van der Waals surface area (Å²) in [6, 6.07) is 5.56. The third kappa shape index (κ3) is 3.96. The topological polar surface area (TPSA) is 72.4 Å². The van der Waals surface area contributed by atoms with Crippen LogP contribution in [-0.4, -0.2) is 41.9 Å². The van der Waals surface area contributed by atoms with Crippen molar-refractivity contribution in [3.63, 3.8) is 0 Å². The smallest absolute Gasteiger partial charge is 0.317 e. The van der Waals surface area contributed by atoms with E-state index in [1.165, 1.54) is 15.6 Å². The summed E-state index contributed by atoms with van der Waals surface area (Å²) in [7, 11) is -3.48. The van der Waals surface area contributed by atoms with Crippen molar-refractivity contribution in [2.45, 2.75) is 37.0 Å². The molecule has 1 unspecified atom stereocenters. The highest BCUT2D eigenvalue weighted by Gasteiger charge is 2.32. The summed E-state index contributed by atoms with van der Waals surface area (Å²) in [4.78, 5) is 8.54. The van der Waals surface area contributed by atoms with Gasteiger partial charge in [-0.3, -0.25) is 0 Å². The van der Waals surface area contributed by atoms with Crippen LogP contribution in [0.5, 0.6) is 6.01 Å². The maximum atomic E-state index is 12.7. The average molecular weight is 432 g/mol. The maximum Gasteiger partial charge on any atom is 0.317 e. The van der Waals surface area contributed by atoms with Crippen molar-refractivity contribution in [3.05, 3.63) is 33.4 Å². The Bertz CT molecular complexity index is 818. The van der Waals surface area contributed by atoms with Gasteiger partial charge in [0.1, 0.15) is 10.3 Å². The van der Waals surface area contributed by atoms with Gasteiger partial charge in [0.05, 0.1) is 10.3 Å². The molecule has 0 N–H and O–H groups in total. The second-order valence-electron chi connectivity index (χ2n) is 5.74. The van der Waals surface area contributed by atoms with Crippen LogP contribution in [0, 0.1) is 13.8 Å². The second-order valence-corrected chi connectivity index (χ2v) is 10.4. The van der Waals surface area contributed by atoms with E-state index in [4.69, 9.17) is 4.74 Å². The molecule has 0 radical (unpaired) electrons. The van der Waals surface area contributed by atoms with Crippen molar-refractivity contribution >= 4 is 37.3 Å². The molecule has 130 valence electrons. The number of halogens is 1. The Morgan fingerprint density at radius 1 is 1.29 bits per heavy atom. The van der Waals surface area contributed by atoms with E-state index in [2.05, 4.69) is 25.9 Å². The molecular weight excluding hydrogens is 414 g/mol. The number of aryl methyl sites for hydroxylation is 2. The standard InChI is InChI=1S/C15H18BrN3O3S2/c1-10-8-11(2)18-15(17-10)22-12-4-3-7-19(9-12)24(20,21)14-6-5-13(16)23-14/h5-6,8,12H,3-4,7,9H2,1-2H3. The second kappa shape index (κ2) is 7.07. The lowest BCUT2D eigenvalue weighted by Gasteiger charge is -2.31. The molecule has 0 aliphatic carbocycles. The van der Waals surface area contributed by atoms with Gasteiger partial charge in [-0.2, -0.15) is 4.31 Å². The van der Waals surface area contributed by atoms with Crippen LogP contribution in [0.25, 0.3) is 0 Å². The number of sulfonamides is 1. The Labute approximate surface area is 154 Å². The van der Waals surface area contributed by atoms with E-state index in [9.17, 15) is 8.42 Å². The van der Waals surface area contributed by atoms with Crippen LogP contribution in [0.2, 0.25) is 0 Å². The molecular formula is C15H18BrN3O3S2. The molecule has 24 heavy (non-hydrogen) atoms. The van der Waals surface area contributed by atoms with E-state index in [1.54, 1.807) is 12.1 Å². The minimum atomic E-state index is -3.48. The summed E-state index contributed by atoms with van der Waals surface area (Å²) in [6.07, 6.45) is 1.30. The third-order valence-electron chi connectivity index (χ3n) is 3.72. The summed E-state index contributed by atoms with van der Waals surface area (Å²) < 4.78 is 34.0. The summed E-state index contributed by atoms with van der Waals surface area (Å²) in [6.45, 7) is 4.58. The first-order valence-corrected chi connectivity index (χ1v) is 10.6. The molecule has 0 saturated carbocycles. The lowest BCUT2D eigenvalue weighted by molar-refractivity contribution is 0.119. The van der Waals surface area contributed by atoms with Gasteiger partial charge in [-0.1, -0.05) is 0 Å². The SMILES string of the molecule is Cc1cc(C)nc(OC2CCCN(S(=O)(=O)c3ccc(Br)s3)C2)n1. The molecule has 1 aliphatic heterocycles. The van der Waals surface area contributed by atoms with E-state index >= 15 is 0 Å². The molecule has 2 aromatic rings. The molecule has 0 spiro atoms. The Kier molecular flexibility index (Phi) is 5.24. The van der Waals surface area contributed by atoms with Crippen LogP contribution in [0.1, 0.15) is 24.2 Å². The molecule has 1 fully saturated rings. The highest BCUT2D eigenvalue weighted by atomic mass is 79.9. The van der Waals surface area contributed by atoms with Crippen LogP contribution in [-0.2, 0) is 10.0 Å². The Morgan fingerprint density at radius 2 is 2.00 bits per heavy atom. The lowest BCUT2D eigenvalue weighted by atomic mass is 10.1. The summed E-state index contributed by atoms with van der Waals surface area (Å²) in [5, 5.41) is 0. The quantitative estimate of drug-likeness (QED) is 0.742. The molecule has 0 aromatic carbocycles. The van der Waals surface area contributed by atoms with Crippen molar-refractivity contribution in [1.29, 1.82) is 0 Å². The molecule has 1 atom stereocenters. The Hall–Kier alpha value is -1.03. The van der Waals surface area contributed by atoms with Crippen LogP contribution < -0.4 is 4.74 Å². The molecule has 0 amide bonds. The van der Waals surface area contributed by atoms with Gasteiger partial charge in [0, 0.05) is 17.9 Å². The van der Waals surface area contributed by atoms with E-state index < -0.39 is 10.0 Å². The molecule has 3 heterocycles. The van der Waals surface area contributed by atoms with Crippen molar-refractivity contribution < 1.29 is 13.2 Å². The normalized spacial score (nSPS) is 19.4. The van der Waals surface area contributed by atoms with Crippen LogP contribution in [0.15, 0.2) is 26.2 Å². The minimum Gasteiger partial charge on any atom is -0.459 e. The van der Waals surface area contributed by atoms with Crippen molar-refractivity contribution in [2.75, 3.05) is 13.1 Å². The van der Waals surface area contributed by atoms with E-state index in [0.29, 0.717) is 23.3 Å². The highest BCUT2D eigenvalue weighted by molar-refractivity contribution is 9.11. The number of rotatable bonds is 4. The predicted molar refractivity (Wildman–Crippen MR) is 95.9 cm³/mol. The molecule has 6 nitrogen and oxygen atoms in total. The van der Waals surface area contributed by atoms with Gasteiger partial charge < -0.3 is 4.74 Å². The molecule has 2 aromatic heterocycles. The number of aromatic nitrogens is 2. The number of hydrogen-bond donors (Lipinski definition) is 0. The monoisotopic (exact) mass is 431 g/mol. The molecule has 1 aliphatic rings. The first-order valence-electron chi connectivity index (χ1n) is 7.59. The van der Waals surface area contributed by atoms with E-state index in [0.717, 1.165) is 28.0 Å². The van der Waals surface area contributed by atoms with E-state index in [-0.39, 0.29) is 6.10 Å². The highest BCUT2D eigenvalue weighted by Crippen LogP contribution is 2.30. The maximum absolute atomic E-state index is 12.7. The van der Waals surface area contributed by atoms with Gasteiger partial charge in [-0.25, -0.2) is 18.4 Å². The van der Waals surface area contributed by atoms with Crippen molar-refractivity contribution in [1.82, 2.24) is 14.3 Å². The van der Waals surface area contributed by atoms with Gasteiger partial charge in [-0.15, -0.1) is 11.3 Å². The molecule has 3 rings (SSSR count). The predicted octanol–water partition coefficient (Wildman–Crippen LogP) is 3.15. The number of thiophene rings is 1. The first kappa shape index (κ1) is 17.8. The first-order chi connectivity index (χ1) is 11.3. The zero-order chi connectivity index (χ0) is 17.3. The van der Waals surface area contributed by atoms with Crippen LogP contribution in [0.4, 0.5) is 0 Å². The summed E-state index contributed by atoms with van der Waals surface area (Å²) in [5.74, 6) is 0. The number of hydrogen-bond acceptors (Lipinski definition) is 6. The lowest BCUT2D eigenvalue weighted by Crippen LogP contribution is -2.44. The average Bonchev–Trinajstić information content (AvgIpc) is 2.94. The van der Waals surface area contributed by atoms with Gasteiger partial charge in [0.25, 0.3) is 10.0 Å². The fourth-order valence-corrected chi connectivity index (χ4v) is 6.35. The van der Waals surface area contributed by atoms with Gasteiger partial charge in [0.15, 0.2) is 0 Å². The van der Waals surface area contributed by atoms with Crippen molar-refractivity contribution in [3.8, 4) is 6.01 Å². The zero-order valence-electron chi connectivity index (χ0n) is 13.4. The fraction of sp³-hybridized carbons (Fsp3) is 0.467. The fourth-order valence-electron chi connectivity index (χ4n) is 2.68. The Morgan fingerprint density at radius 3 is 2.62 bits per heavy atom. The summed E-state index contributed by atoms with van der Waals surface area (Å²) >= 11 is 4.53. The zero-order valence-corrected chi connectivity index (χ0v) is 16.6. The van der Waals surface area contributed by atoms with E-state index in [1.807, 2.05) is 19.9 Å². The van der Waals surface area contributed by atoms with Crippen LogP contribution in [0.3, 0.4) is 0 Å². The Balaban J connectivity index is 1.74. The minimum absolute atomic E-state index is 0.238. The molecule has 9 heteroatoms. The van der Waals surface area contributed by atoms with Gasteiger partial charge in [-0.05, 0) is 60.8 Å². The van der Waals surface area contributed by atoms with Crippen LogP contribution >= 0.6 is 27.3 Å².